The van der Waals surface area contributed by atoms with Gasteiger partial charge in [0.25, 0.3) is 0 Å². The van der Waals surface area contributed by atoms with Crippen molar-refractivity contribution in [1.29, 1.82) is 0 Å². The Morgan fingerprint density at radius 3 is 2.82 bits per heavy atom. The number of methoxy groups -OCH3 is 1. The highest BCUT2D eigenvalue weighted by atomic mass is 16.5. The second kappa shape index (κ2) is 10.2. The average Bonchev–Trinajstić information content (AvgIpc) is 3.48. The largest absolute Gasteiger partial charge is 0.473 e. The summed E-state index contributed by atoms with van der Waals surface area (Å²) >= 11 is 0. The van der Waals surface area contributed by atoms with E-state index in [0.717, 1.165) is 67.5 Å². The normalized spacial score (nSPS) is 23.8. The summed E-state index contributed by atoms with van der Waals surface area (Å²) in [6.07, 6.45) is 8.15. The van der Waals surface area contributed by atoms with Crippen molar-refractivity contribution in [1.82, 2.24) is 24.9 Å². The van der Waals surface area contributed by atoms with Crippen LogP contribution in [-0.4, -0.2) is 69.7 Å². The molecule has 9 heteroatoms. The highest BCUT2D eigenvalue weighted by Crippen LogP contribution is 2.38. The van der Waals surface area contributed by atoms with Gasteiger partial charge >= 0.3 is 0 Å². The van der Waals surface area contributed by atoms with Gasteiger partial charge in [0, 0.05) is 49.1 Å². The Labute approximate surface area is 199 Å². The van der Waals surface area contributed by atoms with Gasteiger partial charge in [-0.05, 0) is 63.3 Å². The summed E-state index contributed by atoms with van der Waals surface area (Å²) in [5, 5.41) is 21.6. The molecule has 182 valence electrons. The molecular formula is C25H34N6O3. The molecule has 2 fully saturated rings. The summed E-state index contributed by atoms with van der Waals surface area (Å²) in [6.45, 7) is 4.44. The third-order valence-corrected chi connectivity index (χ3v) is 6.80. The molecule has 0 spiro atoms. The number of aliphatic hydroxyl groups excluding tert-OH is 1. The van der Waals surface area contributed by atoms with Gasteiger partial charge in [0.1, 0.15) is 6.10 Å². The lowest BCUT2D eigenvalue weighted by Crippen LogP contribution is -2.23. The van der Waals surface area contributed by atoms with Crippen LogP contribution in [0, 0.1) is 0 Å². The van der Waals surface area contributed by atoms with Crippen molar-refractivity contribution in [3.63, 3.8) is 0 Å². The van der Waals surface area contributed by atoms with Gasteiger partial charge in [-0.1, -0.05) is 0 Å². The van der Waals surface area contributed by atoms with E-state index in [1.807, 2.05) is 29.8 Å². The van der Waals surface area contributed by atoms with Gasteiger partial charge in [-0.25, -0.2) is 14.5 Å². The lowest BCUT2D eigenvalue weighted by molar-refractivity contribution is 0.121. The second-order valence-corrected chi connectivity index (χ2v) is 9.48. The molecule has 2 aliphatic rings. The maximum Gasteiger partial charge on any atom is 0.241 e. The molecule has 1 aliphatic carbocycles. The number of nitrogens with one attached hydrogen (secondary N) is 2. The highest BCUT2D eigenvalue weighted by Gasteiger charge is 2.26. The Kier molecular flexibility index (Phi) is 6.94. The highest BCUT2D eigenvalue weighted by molar-refractivity contribution is 5.81. The molecule has 0 radical (unpaired) electrons. The number of fused-ring (bicyclic) bond motifs is 1. The molecule has 3 aromatic rings. The van der Waals surface area contributed by atoms with Gasteiger partial charge in [0.05, 0.1) is 24.4 Å². The van der Waals surface area contributed by atoms with Crippen molar-refractivity contribution < 1.29 is 14.6 Å². The number of rotatable bonds is 8. The molecule has 1 saturated heterocycles. The number of hydrogen-bond donors (Lipinski definition) is 3. The fraction of sp³-hybridized carbons (Fsp3) is 0.560. The minimum atomic E-state index is -0.200. The van der Waals surface area contributed by atoms with E-state index in [4.69, 9.17) is 14.6 Å². The van der Waals surface area contributed by atoms with Gasteiger partial charge in [0.15, 0.2) is 0 Å². The Morgan fingerprint density at radius 2 is 2.06 bits per heavy atom. The van der Waals surface area contributed by atoms with Crippen LogP contribution < -0.4 is 15.4 Å². The number of aromatic nitrogens is 4. The number of anilines is 1. The zero-order valence-corrected chi connectivity index (χ0v) is 19.9. The molecule has 0 aromatic carbocycles. The zero-order valence-electron chi connectivity index (χ0n) is 19.9. The first-order valence-electron chi connectivity index (χ1n) is 12.3. The van der Waals surface area contributed by atoms with E-state index >= 15 is 0 Å². The fourth-order valence-corrected chi connectivity index (χ4v) is 5.03. The van der Waals surface area contributed by atoms with E-state index in [2.05, 4.69) is 26.7 Å². The van der Waals surface area contributed by atoms with Gasteiger partial charge < -0.3 is 25.2 Å². The third-order valence-electron chi connectivity index (χ3n) is 6.80. The number of ether oxygens (including phenoxy) is 2. The third kappa shape index (κ3) is 5.01. The molecular weight excluding hydrogens is 432 g/mol. The van der Waals surface area contributed by atoms with Gasteiger partial charge in [-0.2, -0.15) is 0 Å². The van der Waals surface area contributed by atoms with E-state index in [-0.39, 0.29) is 18.2 Å². The van der Waals surface area contributed by atoms with Crippen LogP contribution in [0.1, 0.15) is 50.6 Å². The van der Waals surface area contributed by atoms with Crippen LogP contribution in [0.25, 0.3) is 16.6 Å². The lowest BCUT2D eigenvalue weighted by Gasteiger charge is -2.25. The predicted octanol–water partition coefficient (Wildman–Crippen LogP) is 3.00. The summed E-state index contributed by atoms with van der Waals surface area (Å²) in [5.41, 5.74) is 4.20. The summed E-state index contributed by atoms with van der Waals surface area (Å²) < 4.78 is 13.4. The van der Waals surface area contributed by atoms with Crippen LogP contribution in [0.3, 0.4) is 0 Å². The molecule has 0 amide bonds. The molecule has 1 saturated carbocycles. The van der Waals surface area contributed by atoms with Crippen LogP contribution in [0.4, 0.5) is 5.95 Å². The van der Waals surface area contributed by atoms with Crippen LogP contribution in [0.5, 0.6) is 5.88 Å². The quantitative estimate of drug-likeness (QED) is 0.465. The number of pyridine rings is 1. The fourth-order valence-electron chi connectivity index (χ4n) is 5.03. The van der Waals surface area contributed by atoms with E-state index in [1.165, 1.54) is 0 Å². The average molecular weight is 467 g/mol. The van der Waals surface area contributed by atoms with Crippen molar-refractivity contribution in [3.8, 4) is 17.0 Å². The Balaban J connectivity index is 1.51. The van der Waals surface area contributed by atoms with Crippen molar-refractivity contribution >= 4 is 11.5 Å². The first kappa shape index (κ1) is 23.0. The van der Waals surface area contributed by atoms with E-state index in [9.17, 15) is 5.11 Å². The number of aliphatic hydroxyl groups is 1. The van der Waals surface area contributed by atoms with Crippen molar-refractivity contribution in [3.05, 3.63) is 36.3 Å². The molecule has 4 heterocycles. The standard InChI is InChI=1S/C25H34N6O3/c1-16(15-33-2)29-25-28-14-23-21(12-22(31(23)30-25)17-3-5-19(32)6-4-17)18-7-10-27-24(11-18)34-20-8-9-26-13-20/h7,10-12,14,16-17,19-20,26,32H,3-6,8-9,13,15H2,1-2H3,(H,29,30)/t16-,17-,19-,20-/m0/s1. The SMILES string of the molecule is COC[C@H](C)Nc1ncc2c(-c3ccnc(O[C@H]4CCNC4)c3)cc([C@H]3CC[C@H](O)CC3)n2n1. The summed E-state index contributed by atoms with van der Waals surface area (Å²) in [4.78, 5) is 9.04. The van der Waals surface area contributed by atoms with Crippen molar-refractivity contribution in [2.24, 2.45) is 0 Å². The van der Waals surface area contributed by atoms with Gasteiger partial charge in [-0.15, -0.1) is 5.10 Å². The van der Waals surface area contributed by atoms with Crippen molar-refractivity contribution in [2.75, 3.05) is 32.1 Å². The molecule has 5 rings (SSSR count). The minimum absolute atomic E-state index is 0.0933. The topological polar surface area (TPSA) is 106 Å². The Bertz CT molecular complexity index is 1110. The summed E-state index contributed by atoms with van der Waals surface area (Å²) in [5.74, 6) is 1.55. The zero-order chi connectivity index (χ0) is 23.5. The van der Waals surface area contributed by atoms with E-state index < -0.39 is 0 Å². The number of nitrogens with zero attached hydrogens (tertiary/aromatic N) is 4. The molecule has 3 N–H and O–H groups in total. The van der Waals surface area contributed by atoms with Crippen molar-refractivity contribution in [2.45, 2.75) is 63.2 Å². The summed E-state index contributed by atoms with van der Waals surface area (Å²) in [7, 11) is 1.69. The van der Waals surface area contributed by atoms with E-state index in [0.29, 0.717) is 24.4 Å². The lowest BCUT2D eigenvalue weighted by atomic mass is 9.85. The summed E-state index contributed by atoms with van der Waals surface area (Å²) in [6, 6.07) is 6.34. The molecule has 2 atom stereocenters. The minimum Gasteiger partial charge on any atom is -0.473 e. The Morgan fingerprint density at radius 1 is 1.21 bits per heavy atom. The van der Waals surface area contributed by atoms with Crippen LogP contribution >= 0.6 is 0 Å². The molecule has 9 nitrogen and oxygen atoms in total. The first-order chi connectivity index (χ1) is 16.6. The van der Waals surface area contributed by atoms with Gasteiger partial charge in [-0.3, -0.25) is 0 Å². The second-order valence-electron chi connectivity index (χ2n) is 9.48. The van der Waals surface area contributed by atoms with Gasteiger partial charge in [0.2, 0.25) is 11.8 Å². The maximum atomic E-state index is 10.0. The molecule has 0 bridgehead atoms. The predicted molar refractivity (Wildman–Crippen MR) is 130 cm³/mol. The van der Waals surface area contributed by atoms with E-state index in [1.54, 1.807) is 13.3 Å². The molecule has 0 unspecified atom stereocenters. The smallest absolute Gasteiger partial charge is 0.241 e. The molecule has 34 heavy (non-hydrogen) atoms. The maximum absolute atomic E-state index is 10.0. The molecule has 3 aromatic heterocycles. The Hall–Kier alpha value is -2.75. The first-order valence-corrected chi connectivity index (χ1v) is 12.3. The van der Waals surface area contributed by atoms with Crippen LogP contribution in [0.15, 0.2) is 30.6 Å². The number of hydrogen-bond acceptors (Lipinski definition) is 8. The molecule has 1 aliphatic heterocycles. The monoisotopic (exact) mass is 466 g/mol. The van der Waals surface area contributed by atoms with Crippen LogP contribution in [-0.2, 0) is 4.74 Å². The van der Waals surface area contributed by atoms with Crippen LogP contribution in [0.2, 0.25) is 0 Å².